The molecule has 0 radical (unpaired) electrons. The summed E-state index contributed by atoms with van der Waals surface area (Å²) in [6.45, 7) is 1.71. The number of carbonyl (C=O) groups excluding carboxylic acids is 1. The highest BCUT2D eigenvalue weighted by atomic mass is 16.5. The Labute approximate surface area is 124 Å². The van der Waals surface area contributed by atoms with Crippen molar-refractivity contribution in [2.45, 2.75) is 25.9 Å². The van der Waals surface area contributed by atoms with E-state index in [2.05, 4.69) is 29.6 Å². The number of methoxy groups -OCH3 is 1. The van der Waals surface area contributed by atoms with Crippen molar-refractivity contribution in [2.24, 2.45) is 5.41 Å². The fraction of sp³-hybridized carbons (Fsp3) is 0.353. The van der Waals surface area contributed by atoms with Crippen molar-refractivity contribution in [3.05, 3.63) is 24.2 Å². The minimum absolute atomic E-state index is 0.193. The van der Waals surface area contributed by atoms with Crippen molar-refractivity contribution >= 4 is 5.97 Å². The first-order valence-electron chi connectivity index (χ1n) is 6.24. The van der Waals surface area contributed by atoms with Gasteiger partial charge in [0.2, 0.25) is 0 Å². The van der Waals surface area contributed by atoms with E-state index in [0.717, 1.165) is 5.56 Å². The van der Waals surface area contributed by atoms with Crippen molar-refractivity contribution in [1.29, 1.82) is 0 Å². The highest BCUT2D eigenvalue weighted by Crippen LogP contribution is 2.26. The molecule has 0 bridgehead atoms. The Balaban J connectivity index is 2.81. The topological polar surface area (TPSA) is 59.7 Å². The largest absolute Gasteiger partial charge is 0.471 e. The summed E-state index contributed by atoms with van der Waals surface area (Å²) in [5.74, 6) is 12.7. The fourth-order valence-electron chi connectivity index (χ4n) is 1.51. The Morgan fingerprint density at radius 2 is 2.24 bits per heavy atom. The predicted molar refractivity (Wildman–Crippen MR) is 77.6 cm³/mol. The molecule has 2 unspecified atom stereocenters. The third-order valence-electron chi connectivity index (χ3n) is 2.79. The number of ether oxygens (including phenoxy) is 1. The summed E-state index contributed by atoms with van der Waals surface area (Å²) in [4.78, 5) is 11.9. The van der Waals surface area contributed by atoms with Gasteiger partial charge in [-0.15, -0.1) is 6.42 Å². The van der Waals surface area contributed by atoms with E-state index in [1.54, 1.807) is 13.0 Å². The zero-order valence-corrected chi connectivity index (χ0v) is 12.0. The Bertz CT molecular complexity index is 628. The molecule has 0 amide bonds. The average Bonchev–Trinajstić information content (AvgIpc) is 2.99. The van der Waals surface area contributed by atoms with E-state index in [4.69, 9.17) is 15.6 Å². The Morgan fingerprint density at radius 1 is 1.52 bits per heavy atom. The summed E-state index contributed by atoms with van der Waals surface area (Å²) >= 11 is 0. The molecule has 0 aliphatic rings. The van der Waals surface area contributed by atoms with Crippen LogP contribution in [0.4, 0.5) is 0 Å². The number of esters is 1. The van der Waals surface area contributed by atoms with Gasteiger partial charge in [0.15, 0.2) is 6.10 Å². The lowest BCUT2D eigenvalue weighted by molar-refractivity contribution is -0.151. The fourth-order valence-corrected chi connectivity index (χ4v) is 1.51. The maximum Gasteiger partial charge on any atom is 0.313 e. The number of rotatable bonds is 3. The van der Waals surface area contributed by atoms with Crippen LogP contribution in [-0.2, 0) is 9.53 Å². The first-order valence-corrected chi connectivity index (χ1v) is 6.24. The van der Waals surface area contributed by atoms with E-state index < -0.39 is 17.5 Å². The third kappa shape index (κ3) is 5.11. The summed E-state index contributed by atoms with van der Waals surface area (Å²) in [6.07, 6.45) is 7.39. The molecule has 0 saturated heterocycles. The Morgan fingerprint density at radius 3 is 2.81 bits per heavy atom. The average molecular weight is 284 g/mol. The van der Waals surface area contributed by atoms with Gasteiger partial charge in [-0.2, -0.15) is 0 Å². The molecule has 1 heterocycles. The molecule has 0 aliphatic carbocycles. The molecule has 1 N–H and O–H groups in total. The van der Waals surface area contributed by atoms with E-state index in [0.29, 0.717) is 0 Å². The molecule has 4 heteroatoms. The third-order valence-corrected chi connectivity index (χ3v) is 2.79. The molecule has 0 fully saturated rings. The summed E-state index contributed by atoms with van der Waals surface area (Å²) < 4.78 is 9.70. The van der Waals surface area contributed by atoms with Gasteiger partial charge in [0.1, 0.15) is 6.26 Å². The van der Waals surface area contributed by atoms with Gasteiger partial charge in [0.25, 0.3) is 0 Å². The van der Waals surface area contributed by atoms with Gasteiger partial charge in [0.05, 0.1) is 24.4 Å². The Hall–Kier alpha value is -2.61. The van der Waals surface area contributed by atoms with Gasteiger partial charge in [-0.25, -0.2) is 0 Å². The molecule has 1 aromatic rings. The van der Waals surface area contributed by atoms with Crippen LogP contribution in [0, 0.1) is 41.4 Å². The molecule has 1 rings (SSSR count). The molecule has 0 saturated carbocycles. The second-order valence-corrected chi connectivity index (χ2v) is 4.61. The van der Waals surface area contributed by atoms with E-state index in [9.17, 15) is 9.90 Å². The molecule has 1 aromatic heterocycles. The zero-order valence-electron chi connectivity index (χ0n) is 12.0. The summed E-state index contributed by atoms with van der Waals surface area (Å²) in [5, 5.41) is 9.19. The second-order valence-electron chi connectivity index (χ2n) is 4.61. The van der Waals surface area contributed by atoms with Crippen LogP contribution in [-0.4, -0.2) is 24.3 Å². The van der Waals surface area contributed by atoms with Crippen LogP contribution in [0.3, 0.4) is 0 Å². The zero-order chi connectivity index (χ0) is 15.7. The first-order chi connectivity index (χ1) is 10.0. The van der Waals surface area contributed by atoms with Gasteiger partial charge >= 0.3 is 5.97 Å². The van der Waals surface area contributed by atoms with E-state index in [1.807, 2.05) is 0 Å². The van der Waals surface area contributed by atoms with Gasteiger partial charge in [-0.05, 0) is 13.0 Å². The van der Waals surface area contributed by atoms with E-state index >= 15 is 0 Å². The monoisotopic (exact) mass is 284 g/mol. The van der Waals surface area contributed by atoms with E-state index in [1.165, 1.54) is 19.6 Å². The molecular formula is C17H16O4. The van der Waals surface area contributed by atoms with E-state index in [-0.39, 0.29) is 12.8 Å². The van der Waals surface area contributed by atoms with Gasteiger partial charge in [-0.3, -0.25) is 4.79 Å². The van der Waals surface area contributed by atoms with Crippen LogP contribution in [0.2, 0.25) is 0 Å². The number of hydrogen-bond donors (Lipinski definition) is 1. The minimum Gasteiger partial charge on any atom is -0.471 e. The Kier molecular flexibility index (Phi) is 6.15. The standard InChI is InChI=1S/C17H16O4/c1-4-15(18)8-6-11-17(2,16(19)20-3)10-5-7-14-9-12-21-13-14/h1,9,12-13,15,18H,10-11H2,2-3H3. The number of hydrogen-bond acceptors (Lipinski definition) is 4. The molecule has 0 aromatic carbocycles. The van der Waals surface area contributed by atoms with Gasteiger partial charge in [0, 0.05) is 12.8 Å². The van der Waals surface area contributed by atoms with Crippen LogP contribution in [0.5, 0.6) is 0 Å². The van der Waals surface area contributed by atoms with Crippen molar-refractivity contribution < 1.29 is 19.1 Å². The number of carbonyl (C=O) groups is 1. The van der Waals surface area contributed by atoms with Crippen molar-refractivity contribution in [3.63, 3.8) is 0 Å². The maximum absolute atomic E-state index is 11.9. The quantitative estimate of drug-likeness (QED) is 0.676. The van der Waals surface area contributed by atoms with Gasteiger partial charge < -0.3 is 14.3 Å². The molecule has 2 atom stereocenters. The number of furan rings is 1. The smallest absolute Gasteiger partial charge is 0.313 e. The van der Waals surface area contributed by atoms with Crippen LogP contribution < -0.4 is 0 Å². The summed E-state index contributed by atoms with van der Waals surface area (Å²) in [6, 6.07) is 1.73. The van der Waals surface area contributed by atoms with Crippen LogP contribution >= 0.6 is 0 Å². The van der Waals surface area contributed by atoms with Crippen LogP contribution in [0.1, 0.15) is 25.3 Å². The summed E-state index contributed by atoms with van der Waals surface area (Å²) in [7, 11) is 1.31. The molecular weight excluding hydrogens is 268 g/mol. The highest BCUT2D eigenvalue weighted by molar-refractivity contribution is 5.77. The molecule has 108 valence electrons. The number of aliphatic hydroxyl groups is 1. The number of terminal acetylenes is 1. The first kappa shape index (κ1) is 16.4. The SMILES string of the molecule is C#CC(O)C#CCC(C)(CC#Cc1ccoc1)C(=O)OC. The lowest BCUT2D eigenvalue weighted by atomic mass is 9.83. The molecule has 21 heavy (non-hydrogen) atoms. The van der Waals surface area contributed by atoms with Crippen molar-refractivity contribution in [3.8, 4) is 36.0 Å². The normalized spacial score (nSPS) is 13.4. The molecule has 4 nitrogen and oxygen atoms in total. The second kappa shape index (κ2) is 7.85. The number of aliphatic hydroxyl groups excluding tert-OH is 1. The van der Waals surface area contributed by atoms with Crippen LogP contribution in [0.15, 0.2) is 23.0 Å². The van der Waals surface area contributed by atoms with Crippen LogP contribution in [0.25, 0.3) is 0 Å². The minimum atomic E-state index is -1.14. The molecule has 0 aliphatic heterocycles. The maximum atomic E-state index is 11.9. The van der Waals surface area contributed by atoms with Gasteiger partial charge in [-0.1, -0.05) is 29.6 Å². The lowest BCUT2D eigenvalue weighted by Gasteiger charge is -2.21. The lowest BCUT2D eigenvalue weighted by Crippen LogP contribution is -2.28. The summed E-state index contributed by atoms with van der Waals surface area (Å²) in [5.41, 5.74) is -0.150. The van der Waals surface area contributed by atoms with Crippen molar-refractivity contribution in [1.82, 2.24) is 0 Å². The molecule has 0 spiro atoms. The predicted octanol–water partition coefficient (Wildman–Crippen LogP) is 1.59. The highest BCUT2D eigenvalue weighted by Gasteiger charge is 2.32. The van der Waals surface area contributed by atoms with Crippen molar-refractivity contribution in [2.75, 3.05) is 7.11 Å².